The van der Waals surface area contributed by atoms with Gasteiger partial charge < -0.3 is 18.9 Å². The Morgan fingerprint density at radius 3 is 1.96 bits per heavy atom. The molecule has 1 aliphatic heterocycles. The fraction of sp³-hybridized carbons (Fsp3) is 0.667. The summed E-state index contributed by atoms with van der Waals surface area (Å²) in [6.45, 7) is 11.2. The summed E-state index contributed by atoms with van der Waals surface area (Å²) in [6, 6.07) is 0. The van der Waals surface area contributed by atoms with Crippen molar-refractivity contribution in [3.8, 4) is 5.88 Å². The molecule has 0 radical (unpaired) electrons. The van der Waals surface area contributed by atoms with Gasteiger partial charge in [-0.25, -0.2) is 19.6 Å². The number of carbonyl (C=O) groups is 2. The van der Waals surface area contributed by atoms with Crippen LogP contribution < -0.4 is 9.64 Å². The third kappa shape index (κ3) is 5.53. The van der Waals surface area contributed by atoms with Gasteiger partial charge in [-0.2, -0.15) is 4.90 Å². The normalized spacial score (nSPS) is 14.9. The molecule has 0 N–H and O–H groups in total. The quantitative estimate of drug-likeness (QED) is 0.786. The van der Waals surface area contributed by atoms with Crippen molar-refractivity contribution in [1.29, 1.82) is 0 Å². The van der Waals surface area contributed by atoms with E-state index in [0.717, 1.165) is 0 Å². The van der Waals surface area contributed by atoms with Crippen LogP contribution in [0.15, 0.2) is 6.20 Å². The molecule has 9 heteroatoms. The van der Waals surface area contributed by atoms with E-state index >= 15 is 0 Å². The molecule has 0 bridgehead atoms. The maximum atomic E-state index is 12.8. The average Bonchev–Trinajstić information content (AvgIpc) is 2.42. The number of ether oxygens (including phenoxy) is 4. The molecule has 1 fully saturated rings. The van der Waals surface area contributed by atoms with Gasteiger partial charge >= 0.3 is 12.2 Å². The zero-order valence-corrected chi connectivity index (χ0v) is 16.9. The van der Waals surface area contributed by atoms with Crippen LogP contribution in [0.1, 0.15) is 53.2 Å². The van der Waals surface area contributed by atoms with Gasteiger partial charge in [0.1, 0.15) is 11.2 Å². The van der Waals surface area contributed by atoms with Crippen LogP contribution in [-0.4, -0.2) is 53.7 Å². The number of nitrogens with zero attached hydrogens (tertiary/aromatic N) is 3. The lowest BCUT2D eigenvalue weighted by Gasteiger charge is -2.29. The number of hydrogen-bond acceptors (Lipinski definition) is 8. The van der Waals surface area contributed by atoms with Crippen molar-refractivity contribution in [2.45, 2.75) is 58.7 Å². The van der Waals surface area contributed by atoms with E-state index in [4.69, 9.17) is 18.9 Å². The van der Waals surface area contributed by atoms with Gasteiger partial charge in [-0.05, 0) is 41.5 Å². The Kier molecular flexibility index (Phi) is 5.94. The zero-order chi connectivity index (χ0) is 20.4. The second-order valence-electron chi connectivity index (χ2n) is 8.16. The molecule has 0 unspecified atom stereocenters. The number of methoxy groups -OCH3 is 1. The largest absolute Gasteiger partial charge is 0.478 e. The fourth-order valence-corrected chi connectivity index (χ4v) is 2.14. The Morgan fingerprint density at radius 2 is 1.59 bits per heavy atom. The topological polar surface area (TPSA) is 100 Å². The first-order valence-electron chi connectivity index (χ1n) is 8.66. The molecular formula is C18H27N3O6. The molecule has 0 aliphatic carbocycles. The lowest BCUT2D eigenvalue weighted by molar-refractivity contribution is 0.00653. The van der Waals surface area contributed by atoms with E-state index in [9.17, 15) is 9.59 Å². The number of imide groups is 1. The first-order valence-corrected chi connectivity index (χ1v) is 8.66. The van der Waals surface area contributed by atoms with E-state index < -0.39 is 23.4 Å². The molecule has 1 saturated heterocycles. The van der Waals surface area contributed by atoms with Gasteiger partial charge in [0, 0.05) is 5.92 Å². The highest BCUT2D eigenvalue weighted by atomic mass is 16.6. The van der Waals surface area contributed by atoms with Crippen LogP contribution in [-0.2, 0) is 14.2 Å². The van der Waals surface area contributed by atoms with Crippen molar-refractivity contribution in [2.75, 3.05) is 25.2 Å². The molecular weight excluding hydrogens is 354 g/mol. The van der Waals surface area contributed by atoms with Crippen molar-refractivity contribution in [1.82, 2.24) is 9.97 Å². The molecule has 1 aliphatic rings. The highest BCUT2D eigenvalue weighted by Crippen LogP contribution is 2.31. The number of carbonyl (C=O) groups excluding carboxylic acids is 2. The van der Waals surface area contributed by atoms with Crippen LogP contribution >= 0.6 is 0 Å². The maximum Gasteiger partial charge on any atom is 0.425 e. The molecule has 0 atom stereocenters. The van der Waals surface area contributed by atoms with E-state index in [1.807, 2.05) is 0 Å². The van der Waals surface area contributed by atoms with E-state index in [0.29, 0.717) is 23.8 Å². The molecule has 0 spiro atoms. The summed E-state index contributed by atoms with van der Waals surface area (Å²) in [7, 11) is 1.38. The summed E-state index contributed by atoms with van der Waals surface area (Å²) in [5, 5.41) is 0. The van der Waals surface area contributed by atoms with Crippen molar-refractivity contribution in [2.24, 2.45) is 0 Å². The number of anilines is 1. The molecule has 2 amide bonds. The fourth-order valence-electron chi connectivity index (χ4n) is 2.14. The van der Waals surface area contributed by atoms with Crippen molar-refractivity contribution >= 4 is 18.0 Å². The SMILES string of the molecule is COc1ncc(C2COC2)nc1N(C(=O)OC(C)(C)C)C(=O)OC(C)(C)C. The predicted molar refractivity (Wildman–Crippen MR) is 97.1 cm³/mol. The zero-order valence-electron chi connectivity index (χ0n) is 16.9. The minimum absolute atomic E-state index is 0.00992. The van der Waals surface area contributed by atoms with E-state index in [1.54, 1.807) is 41.5 Å². The Hall–Kier alpha value is -2.42. The maximum absolute atomic E-state index is 12.8. The Labute approximate surface area is 159 Å². The van der Waals surface area contributed by atoms with Crippen LogP contribution in [0.4, 0.5) is 15.4 Å². The van der Waals surface area contributed by atoms with Gasteiger partial charge in [0.2, 0.25) is 5.82 Å². The van der Waals surface area contributed by atoms with Crippen LogP contribution in [0.2, 0.25) is 0 Å². The van der Waals surface area contributed by atoms with Gasteiger partial charge in [-0.15, -0.1) is 0 Å². The Morgan fingerprint density at radius 1 is 1.07 bits per heavy atom. The van der Waals surface area contributed by atoms with Crippen molar-refractivity contribution in [3.63, 3.8) is 0 Å². The summed E-state index contributed by atoms with van der Waals surface area (Å²) >= 11 is 0. The third-order valence-electron chi connectivity index (χ3n) is 3.35. The summed E-state index contributed by atoms with van der Waals surface area (Å²) in [6.07, 6.45) is -0.310. The molecule has 27 heavy (non-hydrogen) atoms. The standard InChI is InChI=1S/C18H27N3O6/c1-17(2,3)26-15(22)21(16(23)27-18(4,5)6)13-14(24-7)19-8-12(20-13)11-9-25-10-11/h8,11H,9-10H2,1-7H3. The van der Waals surface area contributed by atoms with Crippen LogP contribution in [0.5, 0.6) is 5.88 Å². The number of aromatic nitrogens is 2. The van der Waals surface area contributed by atoms with E-state index in [-0.39, 0.29) is 17.6 Å². The van der Waals surface area contributed by atoms with Crippen LogP contribution in [0.25, 0.3) is 0 Å². The summed E-state index contributed by atoms with van der Waals surface area (Å²) in [5.74, 6) is -0.0256. The molecule has 1 aromatic rings. The van der Waals surface area contributed by atoms with Gasteiger partial charge in [-0.1, -0.05) is 0 Å². The number of rotatable bonds is 3. The lowest BCUT2D eigenvalue weighted by atomic mass is 10.1. The summed E-state index contributed by atoms with van der Waals surface area (Å²) in [4.78, 5) is 34.9. The summed E-state index contributed by atoms with van der Waals surface area (Å²) < 4.78 is 21.1. The molecule has 0 saturated carbocycles. The third-order valence-corrected chi connectivity index (χ3v) is 3.35. The van der Waals surface area contributed by atoms with Gasteiger partial charge in [0.15, 0.2) is 0 Å². The van der Waals surface area contributed by atoms with Crippen molar-refractivity contribution < 1.29 is 28.5 Å². The molecule has 150 valence electrons. The first kappa shape index (κ1) is 20.9. The van der Waals surface area contributed by atoms with E-state index in [1.165, 1.54) is 13.3 Å². The highest BCUT2D eigenvalue weighted by molar-refractivity contribution is 6.09. The Bertz CT molecular complexity index is 676. The lowest BCUT2D eigenvalue weighted by Crippen LogP contribution is -2.44. The minimum Gasteiger partial charge on any atom is -0.478 e. The smallest absolute Gasteiger partial charge is 0.425 e. The minimum atomic E-state index is -0.925. The number of amides is 2. The summed E-state index contributed by atoms with van der Waals surface area (Å²) in [5.41, 5.74) is -1.05. The van der Waals surface area contributed by atoms with Gasteiger partial charge in [-0.3, -0.25) is 0 Å². The monoisotopic (exact) mass is 381 g/mol. The van der Waals surface area contributed by atoms with Crippen LogP contribution in [0, 0.1) is 0 Å². The van der Waals surface area contributed by atoms with E-state index in [2.05, 4.69) is 9.97 Å². The predicted octanol–water partition coefficient (Wildman–Crippen LogP) is 3.28. The molecule has 9 nitrogen and oxygen atoms in total. The molecule has 2 heterocycles. The van der Waals surface area contributed by atoms with Crippen LogP contribution in [0.3, 0.4) is 0 Å². The van der Waals surface area contributed by atoms with Gasteiger partial charge in [0.25, 0.3) is 5.88 Å². The number of hydrogen-bond donors (Lipinski definition) is 0. The Balaban J connectivity index is 2.47. The van der Waals surface area contributed by atoms with Gasteiger partial charge in [0.05, 0.1) is 32.2 Å². The molecule has 1 aromatic heterocycles. The molecule has 2 rings (SSSR count). The van der Waals surface area contributed by atoms with Crippen molar-refractivity contribution in [3.05, 3.63) is 11.9 Å². The first-order chi connectivity index (χ1) is 12.4. The highest BCUT2D eigenvalue weighted by Gasteiger charge is 2.37. The second kappa shape index (κ2) is 7.67. The second-order valence-corrected chi connectivity index (χ2v) is 8.16. The molecule has 0 aromatic carbocycles. The average molecular weight is 381 g/mol.